The molecule has 0 amide bonds. The van der Waals surface area contributed by atoms with Gasteiger partial charge < -0.3 is 4.57 Å². The van der Waals surface area contributed by atoms with Crippen LogP contribution in [0.5, 0.6) is 0 Å². The van der Waals surface area contributed by atoms with Crippen LogP contribution in [0.3, 0.4) is 0 Å². The molecule has 23 heavy (non-hydrogen) atoms. The van der Waals surface area contributed by atoms with Gasteiger partial charge in [-0.25, -0.2) is 0 Å². The van der Waals surface area contributed by atoms with E-state index in [1.165, 1.54) is 11.1 Å². The Morgan fingerprint density at radius 3 is 2.39 bits per heavy atom. The minimum atomic E-state index is 0.0873. The molecule has 0 bridgehead atoms. The molecule has 1 heterocycles. The third kappa shape index (κ3) is 3.11. The second-order valence-corrected chi connectivity index (χ2v) is 6.08. The molecule has 0 aliphatic carbocycles. The smallest absolute Gasteiger partial charge is 0.209 e. The molecule has 0 spiro atoms. The lowest BCUT2D eigenvalue weighted by Gasteiger charge is -2.09. The van der Waals surface area contributed by atoms with Crippen LogP contribution in [-0.2, 0) is 13.5 Å². The van der Waals surface area contributed by atoms with Crippen LogP contribution in [-0.4, -0.2) is 10.4 Å². The number of ketones is 1. The average Bonchev–Trinajstić information content (AvgIpc) is 2.89. The van der Waals surface area contributed by atoms with E-state index in [0.717, 1.165) is 28.9 Å². The monoisotopic (exact) mass is 303 g/mol. The Hall–Kier alpha value is -2.61. The van der Waals surface area contributed by atoms with Gasteiger partial charge in [-0.15, -0.1) is 0 Å². The van der Waals surface area contributed by atoms with Gasteiger partial charge in [-0.3, -0.25) is 4.79 Å². The maximum absolute atomic E-state index is 12.8. The first kappa shape index (κ1) is 15.3. The highest BCUT2D eigenvalue weighted by atomic mass is 16.1. The molecular weight excluding hydrogens is 282 g/mol. The molecule has 1 aromatic heterocycles. The van der Waals surface area contributed by atoms with Crippen molar-refractivity contribution in [2.45, 2.75) is 20.3 Å². The number of carbonyl (C=O) groups excluding carboxylic acids is 1. The van der Waals surface area contributed by atoms with Gasteiger partial charge in [0.25, 0.3) is 0 Å². The number of rotatable bonds is 4. The van der Waals surface area contributed by atoms with Crippen molar-refractivity contribution in [2.75, 3.05) is 0 Å². The van der Waals surface area contributed by atoms with Crippen LogP contribution in [0.4, 0.5) is 0 Å². The number of hydrogen-bond donors (Lipinski definition) is 0. The molecule has 0 atom stereocenters. The van der Waals surface area contributed by atoms with E-state index in [2.05, 4.69) is 18.2 Å². The number of carbonyl (C=O) groups is 1. The van der Waals surface area contributed by atoms with E-state index in [1.807, 2.05) is 67.9 Å². The standard InChI is InChI=1S/C21H21NO/c1-15-9-11-19(16(2)13-15)21(23)20-12-10-18(22(20)3)14-17-7-5-4-6-8-17/h4-13H,14H2,1-3H3. The van der Waals surface area contributed by atoms with Crippen molar-refractivity contribution in [3.05, 3.63) is 94.3 Å². The van der Waals surface area contributed by atoms with Crippen molar-refractivity contribution in [2.24, 2.45) is 7.05 Å². The minimum absolute atomic E-state index is 0.0873. The van der Waals surface area contributed by atoms with Crippen LogP contribution in [0.15, 0.2) is 60.7 Å². The maximum atomic E-state index is 12.8. The molecule has 2 heteroatoms. The summed E-state index contributed by atoms with van der Waals surface area (Å²) in [5, 5.41) is 0. The van der Waals surface area contributed by atoms with Crippen molar-refractivity contribution >= 4 is 5.78 Å². The highest BCUT2D eigenvalue weighted by molar-refractivity contribution is 6.09. The van der Waals surface area contributed by atoms with E-state index in [1.54, 1.807) is 0 Å². The Morgan fingerprint density at radius 2 is 1.70 bits per heavy atom. The van der Waals surface area contributed by atoms with Crippen LogP contribution in [0, 0.1) is 13.8 Å². The zero-order valence-corrected chi connectivity index (χ0v) is 13.8. The number of aromatic nitrogens is 1. The van der Waals surface area contributed by atoms with Crippen LogP contribution in [0.25, 0.3) is 0 Å². The van der Waals surface area contributed by atoms with Gasteiger partial charge in [-0.1, -0.05) is 54.1 Å². The summed E-state index contributed by atoms with van der Waals surface area (Å²) in [7, 11) is 1.97. The molecule has 0 saturated heterocycles. The summed E-state index contributed by atoms with van der Waals surface area (Å²) in [4.78, 5) is 12.8. The molecule has 116 valence electrons. The minimum Gasteiger partial charge on any atom is -0.345 e. The fourth-order valence-corrected chi connectivity index (χ4v) is 2.97. The van der Waals surface area contributed by atoms with Crippen LogP contribution >= 0.6 is 0 Å². The molecule has 0 N–H and O–H groups in total. The van der Waals surface area contributed by atoms with Crippen molar-refractivity contribution in [3.8, 4) is 0 Å². The number of nitrogens with zero attached hydrogens (tertiary/aromatic N) is 1. The molecule has 2 nitrogen and oxygen atoms in total. The fourth-order valence-electron chi connectivity index (χ4n) is 2.97. The Balaban J connectivity index is 1.91. The number of hydrogen-bond acceptors (Lipinski definition) is 1. The van der Waals surface area contributed by atoms with Gasteiger partial charge >= 0.3 is 0 Å². The molecule has 0 unspecified atom stereocenters. The van der Waals surface area contributed by atoms with E-state index in [4.69, 9.17) is 0 Å². The van der Waals surface area contributed by atoms with E-state index in [0.29, 0.717) is 0 Å². The zero-order valence-electron chi connectivity index (χ0n) is 13.8. The molecule has 3 rings (SSSR count). The van der Waals surface area contributed by atoms with E-state index in [-0.39, 0.29) is 5.78 Å². The Morgan fingerprint density at radius 1 is 0.957 bits per heavy atom. The quantitative estimate of drug-likeness (QED) is 0.652. The number of aryl methyl sites for hydroxylation is 2. The molecule has 3 aromatic rings. The average molecular weight is 303 g/mol. The summed E-state index contributed by atoms with van der Waals surface area (Å²) in [6.45, 7) is 4.04. The van der Waals surface area contributed by atoms with E-state index >= 15 is 0 Å². The summed E-state index contributed by atoms with van der Waals surface area (Å²) in [6.07, 6.45) is 0.831. The van der Waals surface area contributed by atoms with Crippen molar-refractivity contribution in [1.29, 1.82) is 0 Å². The molecule has 0 aliphatic heterocycles. The highest BCUT2D eigenvalue weighted by Gasteiger charge is 2.16. The predicted octanol–water partition coefficient (Wildman–Crippen LogP) is 4.46. The van der Waals surface area contributed by atoms with Crippen LogP contribution in [0.2, 0.25) is 0 Å². The van der Waals surface area contributed by atoms with Gasteiger partial charge in [-0.05, 0) is 37.1 Å². The van der Waals surface area contributed by atoms with Gasteiger partial charge in [0, 0.05) is 24.7 Å². The van der Waals surface area contributed by atoms with Crippen molar-refractivity contribution in [3.63, 3.8) is 0 Å². The predicted molar refractivity (Wildman–Crippen MR) is 94.0 cm³/mol. The van der Waals surface area contributed by atoms with Crippen molar-refractivity contribution in [1.82, 2.24) is 4.57 Å². The first-order valence-corrected chi connectivity index (χ1v) is 7.87. The normalized spacial score (nSPS) is 10.7. The van der Waals surface area contributed by atoms with Gasteiger partial charge in [0.05, 0.1) is 5.69 Å². The highest BCUT2D eigenvalue weighted by Crippen LogP contribution is 2.19. The lowest BCUT2D eigenvalue weighted by atomic mass is 10.0. The SMILES string of the molecule is Cc1ccc(C(=O)c2ccc(Cc3ccccc3)n2C)c(C)c1. The molecule has 0 fully saturated rings. The first-order valence-electron chi connectivity index (χ1n) is 7.87. The molecule has 0 radical (unpaired) electrons. The lowest BCUT2D eigenvalue weighted by Crippen LogP contribution is -2.10. The zero-order chi connectivity index (χ0) is 16.4. The molecule has 2 aromatic carbocycles. The largest absolute Gasteiger partial charge is 0.345 e. The molecule has 0 aliphatic rings. The molecule has 0 saturated carbocycles. The third-order valence-electron chi connectivity index (χ3n) is 4.31. The second-order valence-electron chi connectivity index (χ2n) is 6.08. The van der Waals surface area contributed by atoms with Crippen LogP contribution < -0.4 is 0 Å². The second kappa shape index (κ2) is 6.25. The third-order valence-corrected chi connectivity index (χ3v) is 4.31. The van der Waals surface area contributed by atoms with E-state index < -0.39 is 0 Å². The van der Waals surface area contributed by atoms with Gasteiger partial charge in [0.2, 0.25) is 5.78 Å². The number of benzene rings is 2. The summed E-state index contributed by atoms with van der Waals surface area (Å²) < 4.78 is 2.01. The van der Waals surface area contributed by atoms with Gasteiger partial charge in [0.15, 0.2) is 0 Å². The Labute approximate surface area is 137 Å². The summed E-state index contributed by atoms with van der Waals surface area (Å²) in [6, 6.07) is 20.3. The topological polar surface area (TPSA) is 22.0 Å². The maximum Gasteiger partial charge on any atom is 0.209 e. The first-order chi connectivity index (χ1) is 11.1. The van der Waals surface area contributed by atoms with Gasteiger partial charge in [0.1, 0.15) is 0 Å². The summed E-state index contributed by atoms with van der Waals surface area (Å²) >= 11 is 0. The fraction of sp³-hybridized carbons (Fsp3) is 0.190. The van der Waals surface area contributed by atoms with Gasteiger partial charge in [-0.2, -0.15) is 0 Å². The van der Waals surface area contributed by atoms with E-state index in [9.17, 15) is 4.79 Å². The summed E-state index contributed by atoms with van der Waals surface area (Å²) in [5.74, 6) is 0.0873. The Bertz CT molecular complexity index is 844. The molecular formula is C21H21NO. The Kier molecular flexibility index (Phi) is 4.16. The summed E-state index contributed by atoms with van der Waals surface area (Å²) in [5.41, 5.74) is 6.12. The van der Waals surface area contributed by atoms with Crippen LogP contribution in [0.1, 0.15) is 38.4 Å². The van der Waals surface area contributed by atoms with Crippen molar-refractivity contribution < 1.29 is 4.79 Å². The lowest BCUT2D eigenvalue weighted by molar-refractivity contribution is 0.103.